The Morgan fingerprint density at radius 1 is 1.00 bits per heavy atom. The van der Waals surface area contributed by atoms with Gasteiger partial charge in [0.15, 0.2) is 0 Å². The van der Waals surface area contributed by atoms with Crippen LogP contribution in [0.15, 0.2) is 30.5 Å². The highest BCUT2D eigenvalue weighted by Crippen LogP contribution is 2.32. The molecule has 17 heavy (non-hydrogen) atoms. The first-order valence-corrected chi connectivity index (χ1v) is 5.76. The van der Waals surface area contributed by atoms with Crippen molar-refractivity contribution in [2.75, 3.05) is 0 Å². The first-order chi connectivity index (χ1) is 8.11. The van der Waals surface area contributed by atoms with Gasteiger partial charge in [-0.1, -0.05) is 40.9 Å². The molecule has 2 aromatic rings. The second-order valence-electron chi connectivity index (χ2n) is 3.29. The SMILES string of the molecule is N#Cc1ncc(Cl)cc1-c1ccc(Cl)cc1Cl. The second-order valence-corrected chi connectivity index (χ2v) is 4.57. The first kappa shape index (κ1) is 12.2. The van der Waals surface area contributed by atoms with Crippen molar-refractivity contribution in [1.82, 2.24) is 4.98 Å². The largest absolute Gasteiger partial charge is 0.243 e. The van der Waals surface area contributed by atoms with Crippen LogP contribution >= 0.6 is 34.8 Å². The summed E-state index contributed by atoms with van der Waals surface area (Å²) in [6.07, 6.45) is 1.42. The third-order valence-electron chi connectivity index (χ3n) is 2.18. The fraction of sp³-hybridized carbons (Fsp3) is 0. The van der Waals surface area contributed by atoms with E-state index in [1.165, 1.54) is 6.20 Å². The average molecular weight is 284 g/mol. The molecule has 2 rings (SSSR count). The molecule has 5 heteroatoms. The normalized spacial score (nSPS) is 10.0. The van der Waals surface area contributed by atoms with Crippen LogP contribution in [0.1, 0.15) is 5.69 Å². The summed E-state index contributed by atoms with van der Waals surface area (Å²) in [7, 11) is 0. The van der Waals surface area contributed by atoms with Crippen LogP contribution < -0.4 is 0 Å². The second kappa shape index (κ2) is 4.93. The Balaban J connectivity index is 2.68. The number of aromatic nitrogens is 1. The molecule has 0 saturated carbocycles. The van der Waals surface area contributed by atoms with Crippen LogP contribution in [0.5, 0.6) is 0 Å². The minimum absolute atomic E-state index is 0.277. The summed E-state index contributed by atoms with van der Waals surface area (Å²) >= 11 is 17.8. The highest BCUT2D eigenvalue weighted by atomic mass is 35.5. The van der Waals surface area contributed by atoms with Gasteiger partial charge in [0.05, 0.1) is 5.02 Å². The molecule has 0 saturated heterocycles. The maximum Gasteiger partial charge on any atom is 0.148 e. The number of hydrogen-bond acceptors (Lipinski definition) is 2. The quantitative estimate of drug-likeness (QED) is 0.768. The molecule has 2 nitrogen and oxygen atoms in total. The van der Waals surface area contributed by atoms with Gasteiger partial charge in [-0.05, 0) is 18.2 Å². The molecule has 0 fully saturated rings. The molecule has 0 atom stereocenters. The Morgan fingerprint density at radius 3 is 2.41 bits per heavy atom. The average Bonchev–Trinajstić information content (AvgIpc) is 2.29. The number of hydrogen-bond donors (Lipinski definition) is 0. The lowest BCUT2D eigenvalue weighted by Crippen LogP contribution is -1.89. The molecule has 0 aliphatic rings. The van der Waals surface area contributed by atoms with Gasteiger partial charge in [0.2, 0.25) is 0 Å². The summed E-state index contributed by atoms with van der Waals surface area (Å²) in [5, 5.41) is 10.4. The van der Waals surface area contributed by atoms with Crippen molar-refractivity contribution < 1.29 is 0 Å². The van der Waals surface area contributed by atoms with Crippen LogP contribution in [0.25, 0.3) is 11.1 Å². The predicted octanol–water partition coefficient (Wildman–Crippen LogP) is 4.58. The van der Waals surface area contributed by atoms with Gasteiger partial charge in [-0.15, -0.1) is 0 Å². The smallest absolute Gasteiger partial charge is 0.148 e. The topological polar surface area (TPSA) is 36.7 Å². The van der Waals surface area contributed by atoms with Crippen LogP contribution in [0, 0.1) is 11.3 Å². The van der Waals surface area contributed by atoms with E-state index >= 15 is 0 Å². The van der Waals surface area contributed by atoms with Gasteiger partial charge in [-0.3, -0.25) is 0 Å². The number of pyridine rings is 1. The Labute approximate surface area is 113 Å². The van der Waals surface area contributed by atoms with E-state index in [0.29, 0.717) is 26.2 Å². The lowest BCUT2D eigenvalue weighted by molar-refractivity contribution is 1.26. The van der Waals surface area contributed by atoms with Crippen molar-refractivity contribution >= 4 is 34.8 Å². The summed E-state index contributed by atoms with van der Waals surface area (Å²) in [5.74, 6) is 0. The van der Waals surface area contributed by atoms with E-state index in [0.717, 1.165) is 0 Å². The lowest BCUT2D eigenvalue weighted by atomic mass is 10.0. The highest BCUT2D eigenvalue weighted by Gasteiger charge is 2.11. The van der Waals surface area contributed by atoms with Crippen molar-refractivity contribution in [3.63, 3.8) is 0 Å². The van der Waals surface area contributed by atoms with Crippen LogP contribution in [0.2, 0.25) is 15.1 Å². The predicted molar refractivity (Wildman–Crippen MR) is 69.4 cm³/mol. The molecule has 0 amide bonds. The number of benzene rings is 1. The molecule has 0 radical (unpaired) electrons. The van der Waals surface area contributed by atoms with Crippen molar-refractivity contribution in [1.29, 1.82) is 5.26 Å². The van der Waals surface area contributed by atoms with E-state index in [1.807, 2.05) is 6.07 Å². The molecular formula is C12H5Cl3N2. The van der Waals surface area contributed by atoms with Gasteiger partial charge in [0.1, 0.15) is 11.8 Å². The van der Waals surface area contributed by atoms with E-state index in [1.54, 1.807) is 24.3 Å². The van der Waals surface area contributed by atoms with Gasteiger partial charge in [0.25, 0.3) is 0 Å². The third-order valence-corrected chi connectivity index (χ3v) is 2.94. The number of rotatable bonds is 1. The minimum atomic E-state index is 0.277. The number of halogens is 3. The van der Waals surface area contributed by atoms with Crippen molar-refractivity contribution in [2.45, 2.75) is 0 Å². The fourth-order valence-corrected chi connectivity index (χ4v) is 2.11. The van der Waals surface area contributed by atoms with Crippen LogP contribution in [0.3, 0.4) is 0 Å². The van der Waals surface area contributed by atoms with E-state index in [9.17, 15) is 0 Å². The summed E-state index contributed by atoms with van der Waals surface area (Å²) in [6, 6.07) is 8.70. The van der Waals surface area contributed by atoms with E-state index in [2.05, 4.69) is 4.98 Å². The number of nitrogens with zero attached hydrogens (tertiary/aromatic N) is 2. The summed E-state index contributed by atoms with van der Waals surface area (Å²) in [5.41, 5.74) is 1.56. The molecule has 0 aliphatic carbocycles. The fourth-order valence-electron chi connectivity index (χ4n) is 1.44. The summed E-state index contributed by atoms with van der Waals surface area (Å²) in [4.78, 5) is 3.95. The van der Waals surface area contributed by atoms with Crippen LogP contribution in [0.4, 0.5) is 0 Å². The van der Waals surface area contributed by atoms with E-state index in [4.69, 9.17) is 40.1 Å². The molecule has 0 spiro atoms. The Morgan fingerprint density at radius 2 is 1.76 bits per heavy atom. The molecule has 0 bridgehead atoms. The van der Waals surface area contributed by atoms with E-state index in [-0.39, 0.29) is 5.69 Å². The zero-order chi connectivity index (χ0) is 12.4. The molecular weight excluding hydrogens is 279 g/mol. The van der Waals surface area contributed by atoms with Crippen LogP contribution in [-0.2, 0) is 0 Å². The molecule has 1 aromatic heterocycles. The first-order valence-electron chi connectivity index (χ1n) is 4.63. The summed E-state index contributed by atoms with van der Waals surface area (Å²) < 4.78 is 0. The maximum absolute atomic E-state index is 8.99. The maximum atomic E-state index is 8.99. The summed E-state index contributed by atoms with van der Waals surface area (Å²) in [6.45, 7) is 0. The van der Waals surface area contributed by atoms with Gasteiger partial charge < -0.3 is 0 Å². The monoisotopic (exact) mass is 282 g/mol. The van der Waals surface area contributed by atoms with Gasteiger partial charge in [-0.2, -0.15) is 5.26 Å². The van der Waals surface area contributed by atoms with Gasteiger partial charge in [-0.25, -0.2) is 4.98 Å². The zero-order valence-electron chi connectivity index (χ0n) is 8.42. The molecule has 0 unspecified atom stereocenters. The zero-order valence-corrected chi connectivity index (χ0v) is 10.7. The Bertz CT molecular complexity index is 618. The molecule has 1 aromatic carbocycles. The highest BCUT2D eigenvalue weighted by molar-refractivity contribution is 6.36. The lowest BCUT2D eigenvalue weighted by Gasteiger charge is -2.06. The molecule has 1 heterocycles. The Kier molecular flexibility index (Phi) is 3.54. The van der Waals surface area contributed by atoms with Gasteiger partial charge in [0, 0.05) is 27.4 Å². The third kappa shape index (κ3) is 2.53. The molecule has 0 N–H and O–H groups in total. The number of nitriles is 1. The van der Waals surface area contributed by atoms with Gasteiger partial charge >= 0.3 is 0 Å². The minimum Gasteiger partial charge on any atom is -0.243 e. The Hall–Kier alpha value is -1.27. The van der Waals surface area contributed by atoms with Crippen molar-refractivity contribution in [3.05, 3.63) is 51.2 Å². The standard InChI is InChI=1S/C12H5Cl3N2/c13-7-1-2-9(11(15)4-7)10-3-8(14)6-17-12(10)5-16/h1-4,6H. The van der Waals surface area contributed by atoms with E-state index < -0.39 is 0 Å². The van der Waals surface area contributed by atoms with Crippen LogP contribution in [-0.4, -0.2) is 4.98 Å². The molecule has 0 aliphatic heterocycles. The van der Waals surface area contributed by atoms with Crippen molar-refractivity contribution in [3.8, 4) is 17.2 Å². The molecule has 84 valence electrons. The van der Waals surface area contributed by atoms with Crippen molar-refractivity contribution in [2.24, 2.45) is 0 Å².